The van der Waals surface area contributed by atoms with Crippen molar-refractivity contribution in [3.05, 3.63) is 0 Å². The van der Waals surface area contributed by atoms with E-state index in [1.54, 1.807) is 0 Å². The van der Waals surface area contributed by atoms with Crippen LogP contribution in [0.4, 0.5) is 0 Å². The number of hydrogen-bond acceptors (Lipinski definition) is 3. The molecule has 0 aromatic rings. The van der Waals surface area contributed by atoms with Crippen molar-refractivity contribution < 1.29 is 17.1 Å². The van der Waals surface area contributed by atoms with Crippen LogP contribution in [0.15, 0.2) is 10.2 Å². The zero-order valence-corrected chi connectivity index (χ0v) is 3.79. The summed E-state index contributed by atoms with van der Waals surface area (Å²) in [6.07, 6.45) is 0.944. The van der Waals surface area contributed by atoms with Gasteiger partial charge in [0.05, 0.1) is 0 Å². The number of rotatable bonds is 1. The first-order valence-corrected chi connectivity index (χ1v) is 0.998. The van der Waals surface area contributed by atoms with E-state index < -0.39 is 0 Å². The summed E-state index contributed by atoms with van der Waals surface area (Å²) in [5, 5.41) is 5.56. The Morgan fingerprint density at radius 3 is 2.17 bits per heavy atom. The maximum absolute atomic E-state index is 6.00. The third-order valence-corrected chi connectivity index (χ3v) is 0.124. The Hall–Kier alpha value is -0.411. The molecule has 0 unspecified atom stereocenters. The molecule has 0 aliphatic carbocycles. The molecule has 0 saturated heterocycles. The zero-order chi connectivity index (χ0) is 4.12. The van der Waals surface area contributed by atoms with Gasteiger partial charge in [-0.1, -0.05) is 0 Å². The number of nitrogens with one attached hydrogen (secondary N) is 1. The molecule has 0 spiro atoms. The Labute approximate surface area is 45.8 Å². The fraction of sp³-hybridized carbons (Fsp3) is 0. The summed E-state index contributed by atoms with van der Waals surface area (Å²) in [5.41, 5.74) is 6.00. The first-order chi connectivity index (χ1) is 2.41. The standard InChI is InChI=1S/CH4N4.Cu/c2-4-1-5-3;/h1-2H,3H2;. The molecular formula is CH4CuN4. The Morgan fingerprint density at radius 2 is 2.17 bits per heavy atom. The van der Waals surface area contributed by atoms with Gasteiger partial charge in [0.2, 0.25) is 0 Å². The molecule has 0 fully saturated rings. The van der Waals surface area contributed by atoms with Crippen LogP contribution in [-0.4, -0.2) is 6.34 Å². The van der Waals surface area contributed by atoms with Crippen LogP contribution in [0, 0.1) is 5.53 Å². The second kappa shape index (κ2) is 8.82. The zero-order valence-electron chi connectivity index (χ0n) is 2.85. The van der Waals surface area contributed by atoms with Gasteiger partial charge in [0, 0.05) is 17.1 Å². The fourth-order valence-electron chi connectivity index (χ4n) is 0.0333. The van der Waals surface area contributed by atoms with Gasteiger partial charge in [0.25, 0.3) is 0 Å². The predicted octanol–water partition coefficient (Wildman–Crippen LogP) is -0.0831. The molecule has 0 aliphatic rings. The maximum atomic E-state index is 6.00. The average molecular weight is 136 g/mol. The minimum absolute atomic E-state index is 0. The molecule has 0 heterocycles. The molecule has 0 bridgehead atoms. The minimum Gasteiger partial charge on any atom is -0.322 e. The third kappa shape index (κ3) is 9.53. The van der Waals surface area contributed by atoms with Gasteiger partial charge >= 0.3 is 0 Å². The van der Waals surface area contributed by atoms with E-state index in [0.29, 0.717) is 0 Å². The van der Waals surface area contributed by atoms with Crippen molar-refractivity contribution >= 4 is 6.34 Å². The van der Waals surface area contributed by atoms with Gasteiger partial charge < -0.3 is 5.84 Å². The smallest absolute Gasteiger partial charge is 0.156 e. The molecule has 0 saturated carbocycles. The van der Waals surface area contributed by atoms with Gasteiger partial charge in [0.1, 0.15) is 0 Å². The Kier molecular flexibility index (Phi) is 13.4. The van der Waals surface area contributed by atoms with E-state index in [4.69, 9.17) is 5.53 Å². The van der Waals surface area contributed by atoms with E-state index >= 15 is 0 Å². The molecule has 0 aliphatic heterocycles. The quantitative estimate of drug-likeness (QED) is 0.130. The van der Waals surface area contributed by atoms with Crippen molar-refractivity contribution in [2.45, 2.75) is 0 Å². The number of hydrogen-bond donors (Lipinski definition) is 2. The van der Waals surface area contributed by atoms with Crippen LogP contribution in [0.3, 0.4) is 0 Å². The van der Waals surface area contributed by atoms with Crippen LogP contribution in [0.5, 0.6) is 0 Å². The van der Waals surface area contributed by atoms with E-state index in [1.165, 1.54) is 0 Å². The van der Waals surface area contributed by atoms with Crippen molar-refractivity contribution in [1.29, 1.82) is 5.53 Å². The SMILES string of the molecule is N=NC=NN.[Cu]. The minimum atomic E-state index is 0. The van der Waals surface area contributed by atoms with Crippen LogP contribution in [0.25, 0.3) is 0 Å². The summed E-state index contributed by atoms with van der Waals surface area (Å²) < 4.78 is 0. The van der Waals surface area contributed by atoms with Gasteiger partial charge in [-0.25, -0.2) is 5.53 Å². The van der Waals surface area contributed by atoms with Crippen LogP contribution >= 0.6 is 0 Å². The second-order valence-electron chi connectivity index (χ2n) is 0.394. The first kappa shape index (κ1) is 9.14. The van der Waals surface area contributed by atoms with Gasteiger partial charge in [-0.3, -0.25) is 0 Å². The molecule has 4 nitrogen and oxygen atoms in total. The van der Waals surface area contributed by atoms with Gasteiger partial charge in [-0.15, -0.1) is 5.11 Å². The van der Waals surface area contributed by atoms with Crippen molar-refractivity contribution in [3.8, 4) is 0 Å². The van der Waals surface area contributed by atoms with E-state index in [0.717, 1.165) is 6.34 Å². The van der Waals surface area contributed by atoms with E-state index in [9.17, 15) is 0 Å². The van der Waals surface area contributed by atoms with Gasteiger partial charge in [0.15, 0.2) is 6.34 Å². The summed E-state index contributed by atoms with van der Waals surface area (Å²) >= 11 is 0. The third-order valence-electron chi connectivity index (χ3n) is 0.124. The van der Waals surface area contributed by atoms with Gasteiger partial charge in [-0.2, -0.15) is 5.10 Å². The van der Waals surface area contributed by atoms with Crippen LogP contribution < -0.4 is 5.84 Å². The number of nitrogens with two attached hydrogens (primary N) is 1. The molecule has 3 N–H and O–H groups in total. The average Bonchev–Trinajstić information content (AvgIpc) is 1.41. The topological polar surface area (TPSA) is 74.6 Å². The van der Waals surface area contributed by atoms with Crippen molar-refractivity contribution in [3.63, 3.8) is 0 Å². The van der Waals surface area contributed by atoms with E-state index in [2.05, 4.69) is 16.1 Å². The second-order valence-corrected chi connectivity index (χ2v) is 0.394. The molecule has 0 amide bonds. The van der Waals surface area contributed by atoms with Crippen molar-refractivity contribution in [2.75, 3.05) is 0 Å². The molecular weight excluding hydrogens is 132 g/mol. The van der Waals surface area contributed by atoms with E-state index in [-0.39, 0.29) is 17.1 Å². The molecule has 0 atom stereocenters. The summed E-state index contributed by atoms with van der Waals surface area (Å²) in [6.45, 7) is 0. The summed E-state index contributed by atoms with van der Waals surface area (Å²) in [7, 11) is 0. The van der Waals surface area contributed by atoms with Crippen LogP contribution in [0.1, 0.15) is 0 Å². The van der Waals surface area contributed by atoms with Crippen molar-refractivity contribution in [2.24, 2.45) is 16.1 Å². The monoisotopic (exact) mass is 135 g/mol. The Balaban J connectivity index is 0. The van der Waals surface area contributed by atoms with Crippen LogP contribution in [-0.2, 0) is 17.1 Å². The van der Waals surface area contributed by atoms with Gasteiger partial charge in [-0.05, 0) is 0 Å². The Bertz CT molecular complexity index is 49.5. The summed E-state index contributed by atoms with van der Waals surface area (Å²) in [6, 6.07) is 0. The number of nitrogens with zero attached hydrogens (tertiary/aromatic N) is 2. The largest absolute Gasteiger partial charge is 0.322 e. The maximum Gasteiger partial charge on any atom is 0.156 e. The van der Waals surface area contributed by atoms with Crippen molar-refractivity contribution in [1.82, 2.24) is 0 Å². The number of hydrazone groups is 1. The molecule has 0 aromatic heterocycles. The molecule has 0 aromatic carbocycles. The summed E-state index contributed by atoms with van der Waals surface area (Å²) in [5.74, 6) is 4.49. The molecule has 5 heteroatoms. The first-order valence-electron chi connectivity index (χ1n) is 0.998. The Morgan fingerprint density at radius 1 is 1.67 bits per heavy atom. The normalized spacial score (nSPS) is 7.33. The molecule has 6 heavy (non-hydrogen) atoms. The van der Waals surface area contributed by atoms with Crippen LogP contribution in [0.2, 0.25) is 0 Å². The van der Waals surface area contributed by atoms with E-state index in [1.807, 2.05) is 0 Å². The fourth-order valence-corrected chi connectivity index (χ4v) is 0.0333. The summed E-state index contributed by atoms with van der Waals surface area (Å²) in [4.78, 5) is 0. The molecule has 0 rings (SSSR count). The molecule has 1 radical (unpaired) electrons. The predicted molar refractivity (Wildman–Crippen MR) is 17.8 cm³/mol. The molecule has 39 valence electrons.